The maximum atomic E-state index is 5.34. The topological polar surface area (TPSA) is 25.4 Å². The van der Waals surface area contributed by atoms with Crippen LogP contribution in [0.3, 0.4) is 0 Å². The number of benzene rings is 1. The van der Waals surface area contributed by atoms with E-state index in [1.807, 2.05) is 54.4 Å². The van der Waals surface area contributed by atoms with Crippen molar-refractivity contribution in [1.29, 1.82) is 0 Å². The zero-order valence-electron chi connectivity index (χ0n) is 9.72. The van der Waals surface area contributed by atoms with E-state index in [4.69, 9.17) is 4.74 Å². The number of ether oxygens (including phenoxy) is 1. The molecule has 0 N–H and O–H groups in total. The van der Waals surface area contributed by atoms with Crippen LogP contribution in [0.15, 0.2) is 47.1 Å². The molecule has 1 heterocycles. The zero-order chi connectivity index (χ0) is 12.3. The lowest BCUT2D eigenvalue weighted by Crippen LogP contribution is -2.12. The molecule has 1 aromatic carbocycles. The number of hydrogen-bond donors (Lipinski definition) is 0. The van der Waals surface area contributed by atoms with E-state index in [-0.39, 0.29) is 0 Å². The van der Waals surface area contributed by atoms with Gasteiger partial charge in [-0.2, -0.15) is 0 Å². The first kappa shape index (κ1) is 11.9. The van der Waals surface area contributed by atoms with Gasteiger partial charge >= 0.3 is 0 Å². The molecule has 17 heavy (non-hydrogen) atoms. The van der Waals surface area contributed by atoms with E-state index in [0.717, 1.165) is 21.9 Å². The Morgan fingerprint density at radius 3 is 2.59 bits per heavy atom. The molecule has 2 aromatic rings. The average Bonchev–Trinajstić information content (AvgIpc) is 2.38. The van der Waals surface area contributed by atoms with Crippen molar-refractivity contribution < 1.29 is 4.74 Å². The molecule has 0 aliphatic heterocycles. The van der Waals surface area contributed by atoms with Crippen molar-refractivity contribution in [1.82, 2.24) is 4.98 Å². The van der Waals surface area contributed by atoms with E-state index in [1.165, 1.54) is 0 Å². The maximum absolute atomic E-state index is 5.34. The smallest absolute Gasteiger partial charge is 0.142 e. The predicted molar refractivity (Wildman–Crippen MR) is 73.0 cm³/mol. The third-order valence-corrected chi connectivity index (χ3v) is 2.93. The lowest BCUT2D eigenvalue weighted by molar-refractivity contribution is 0.415. The number of anilines is 2. The quantitative estimate of drug-likeness (QED) is 0.808. The van der Waals surface area contributed by atoms with Crippen LogP contribution in [-0.2, 0) is 0 Å². The Morgan fingerprint density at radius 1 is 1.12 bits per heavy atom. The van der Waals surface area contributed by atoms with Gasteiger partial charge in [0.05, 0.1) is 12.8 Å². The molecular weight excluding hydrogens is 280 g/mol. The zero-order valence-corrected chi connectivity index (χ0v) is 11.3. The van der Waals surface area contributed by atoms with Gasteiger partial charge in [0.2, 0.25) is 0 Å². The standard InChI is InChI=1S/C13H13BrN2O/c1-16(13-9-5-8-12(14)15-13)10-6-3-4-7-11(10)17-2/h3-9H,1-2H3. The highest BCUT2D eigenvalue weighted by atomic mass is 79.9. The molecule has 4 heteroatoms. The SMILES string of the molecule is COc1ccccc1N(C)c1cccc(Br)n1. The highest BCUT2D eigenvalue weighted by Gasteiger charge is 2.10. The molecule has 0 aliphatic carbocycles. The van der Waals surface area contributed by atoms with E-state index in [9.17, 15) is 0 Å². The molecule has 0 spiro atoms. The van der Waals surface area contributed by atoms with Crippen molar-refractivity contribution in [3.63, 3.8) is 0 Å². The second-order valence-electron chi connectivity index (χ2n) is 3.55. The summed E-state index contributed by atoms with van der Waals surface area (Å²) in [5, 5.41) is 0. The van der Waals surface area contributed by atoms with Crippen LogP contribution in [0.2, 0.25) is 0 Å². The highest BCUT2D eigenvalue weighted by Crippen LogP contribution is 2.31. The number of pyridine rings is 1. The van der Waals surface area contributed by atoms with Crippen molar-refractivity contribution in [2.24, 2.45) is 0 Å². The molecule has 0 saturated heterocycles. The summed E-state index contributed by atoms with van der Waals surface area (Å²) in [5.41, 5.74) is 0.987. The number of rotatable bonds is 3. The molecule has 0 atom stereocenters. The van der Waals surface area contributed by atoms with Crippen molar-refractivity contribution in [2.75, 3.05) is 19.1 Å². The lowest BCUT2D eigenvalue weighted by Gasteiger charge is -2.20. The monoisotopic (exact) mass is 292 g/mol. The molecule has 3 nitrogen and oxygen atoms in total. The summed E-state index contributed by atoms with van der Waals surface area (Å²) >= 11 is 3.37. The third-order valence-electron chi connectivity index (χ3n) is 2.49. The fourth-order valence-electron chi connectivity index (χ4n) is 1.61. The predicted octanol–water partition coefficient (Wildman–Crippen LogP) is 3.62. The van der Waals surface area contributed by atoms with Gasteiger partial charge in [-0.1, -0.05) is 18.2 Å². The van der Waals surface area contributed by atoms with Crippen LogP contribution in [-0.4, -0.2) is 19.1 Å². The molecular formula is C13H13BrN2O. The number of hydrogen-bond acceptors (Lipinski definition) is 3. The van der Waals surface area contributed by atoms with Gasteiger partial charge in [-0.3, -0.25) is 0 Å². The number of aromatic nitrogens is 1. The van der Waals surface area contributed by atoms with E-state index >= 15 is 0 Å². The molecule has 0 radical (unpaired) electrons. The first-order chi connectivity index (χ1) is 8.22. The summed E-state index contributed by atoms with van der Waals surface area (Å²) in [6, 6.07) is 13.7. The fourth-order valence-corrected chi connectivity index (χ4v) is 1.95. The summed E-state index contributed by atoms with van der Waals surface area (Å²) in [6.45, 7) is 0. The average molecular weight is 293 g/mol. The number of nitrogens with zero attached hydrogens (tertiary/aromatic N) is 2. The largest absolute Gasteiger partial charge is 0.495 e. The molecule has 0 unspecified atom stereocenters. The molecule has 0 amide bonds. The molecule has 0 saturated carbocycles. The van der Waals surface area contributed by atoms with Crippen LogP contribution in [0.5, 0.6) is 5.75 Å². The minimum Gasteiger partial charge on any atom is -0.495 e. The fraction of sp³-hybridized carbons (Fsp3) is 0.154. The Morgan fingerprint density at radius 2 is 1.88 bits per heavy atom. The first-order valence-electron chi connectivity index (χ1n) is 5.21. The van der Waals surface area contributed by atoms with Crippen LogP contribution in [0.4, 0.5) is 11.5 Å². The van der Waals surface area contributed by atoms with Gasteiger partial charge in [0, 0.05) is 7.05 Å². The summed E-state index contributed by atoms with van der Waals surface area (Å²) in [4.78, 5) is 6.40. The van der Waals surface area contributed by atoms with Crippen LogP contribution < -0.4 is 9.64 Å². The van der Waals surface area contributed by atoms with E-state index in [0.29, 0.717) is 0 Å². The molecule has 0 bridgehead atoms. The molecule has 2 rings (SSSR count). The Balaban J connectivity index is 2.40. The second-order valence-corrected chi connectivity index (χ2v) is 4.36. The molecule has 0 aliphatic rings. The number of para-hydroxylation sites is 2. The number of methoxy groups -OCH3 is 1. The van der Waals surface area contributed by atoms with Gasteiger partial charge in [-0.15, -0.1) is 0 Å². The van der Waals surface area contributed by atoms with Gasteiger partial charge in [0.15, 0.2) is 0 Å². The van der Waals surface area contributed by atoms with Gasteiger partial charge in [0.25, 0.3) is 0 Å². The minimum absolute atomic E-state index is 0.816. The molecule has 88 valence electrons. The molecule has 0 fully saturated rings. The maximum Gasteiger partial charge on any atom is 0.142 e. The normalized spacial score (nSPS) is 10.1. The summed E-state index contributed by atoms with van der Waals surface area (Å²) in [6.07, 6.45) is 0. The first-order valence-corrected chi connectivity index (χ1v) is 6.01. The summed E-state index contributed by atoms with van der Waals surface area (Å²) in [5.74, 6) is 1.70. The molecule has 1 aromatic heterocycles. The number of halogens is 1. The second kappa shape index (κ2) is 5.19. The van der Waals surface area contributed by atoms with E-state index in [1.54, 1.807) is 7.11 Å². The Hall–Kier alpha value is -1.55. The van der Waals surface area contributed by atoms with Crippen molar-refractivity contribution in [3.8, 4) is 5.75 Å². The third kappa shape index (κ3) is 2.58. The van der Waals surface area contributed by atoms with Crippen molar-refractivity contribution in [3.05, 3.63) is 47.1 Å². The van der Waals surface area contributed by atoms with Crippen LogP contribution in [0.1, 0.15) is 0 Å². The van der Waals surface area contributed by atoms with Gasteiger partial charge in [-0.05, 0) is 40.2 Å². The Kier molecular flexibility index (Phi) is 3.64. The lowest BCUT2D eigenvalue weighted by atomic mass is 10.2. The van der Waals surface area contributed by atoms with Crippen LogP contribution in [0, 0.1) is 0 Å². The Labute approximate surface area is 109 Å². The minimum atomic E-state index is 0.816. The van der Waals surface area contributed by atoms with E-state index < -0.39 is 0 Å². The summed E-state index contributed by atoms with van der Waals surface area (Å²) < 4.78 is 6.15. The summed E-state index contributed by atoms with van der Waals surface area (Å²) in [7, 11) is 3.63. The highest BCUT2D eigenvalue weighted by molar-refractivity contribution is 9.10. The van der Waals surface area contributed by atoms with E-state index in [2.05, 4.69) is 20.9 Å². The van der Waals surface area contributed by atoms with Crippen molar-refractivity contribution >= 4 is 27.4 Å². The van der Waals surface area contributed by atoms with Gasteiger partial charge in [0.1, 0.15) is 16.2 Å². The van der Waals surface area contributed by atoms with Crippen molar-refractivity contribution in [2.45, 2.75) is 0 Å². The van der Waals surface area contributed by atoms with Crippen LogP contribution in [0.25, 0.3) is 0 Å². The Bertz CT molecular complexity index is 516. The van der Waals surface area contributed by atoms with Gasteiger partial charge in [-0.25, -0.2) is 4.98 Å². The van der Waals surface area contributed by atoms with Gasteiger partial charge < -0.3 is 9.64 Å². The van der Waals surface area contributed by atoms with Crippen LogP contribution >= 0.6 is 15.9 Å².